The third kappa shape index (κ3) is 3.97. The van der Waals surface area contributed by atoms with E-state index in [9.17, 15) is 8.78 Å². The molecule has 0 amide bonds. The van der Waals surface area contributed by atoms with Crippen molar-refractivity contribution >= 4 is 11.9 Å². The first-order valence-corrected chi connectivity index (χ1v) is 5.10. The van der Waals surface area contributed by atoms with Crippen LogP contribution in [0.3, 0.4) is 0 Å². The van der Waals surface area contributed by atoms with Crippen LogP contribution in [-0.4, -0.2) is 48.6 Å². The Morgan fingerprint density at radius 1 is 1.35 bits per heavy atom. The SMILES string of the molecule is CCNc1nc(OC)nc(N(C)CC(F)F)n1. The van der Waals surface area contributed by atoms with Crippen LogP contribution in [0, 0.1) is 0 Å². The van der Waals surface area contributed by atoms with Crippen LogP contribution in [0.25, 0.3) is 0 Å². The Morgan fingerprint density at radius 3 is 2.59 bits per heavy atom. The van der Waals surface area contributed by atoms with Crippen molar-refractivity contribution in [3.8, 4) is 6.01 Å². The Bertz CT molecular complexity index is 363. The van der Waals surface area contributed by atoms with E-state index in [4.69, 9.17) is 4.74 Å². The van der Waals surface area contributed by atoms with Crippen molar-refractivity contribution < 1.29 is 13.5 Å². The Morgan fingerprint density at radius 2 is 2.06 bits per heavy atom. The van der Waals surface area contributed by atoms with E-state index in [1.165, 1.54) is 19.1 Å². The summed E-state index contributed by atoms with van der Waals surface area (Å²) in [7, 11) is 2.89. The third-order valence-electron chi connectivity index (χ3n) is 1.87. The Labute approximate surface area is 98.0 Å². The number of hydrogen-bond donors (Lipinski definition) is 1. The van der Waals surface area contributed by atoms with Crippen LogP contribution in [-0.2, 0) is 0 Å². The van der Waals surface area contributed by atoms with Crippen molar-refractivity contribution in [3.05, 3.63) is 0 Å². The maximum Gasteiger partial charge on any atom is 0.322 e. The lowest BCUT2D eigenvalue weighted by Gasteiger charge is -2.17. The van der Waals surface area contributed by atoms with E-state index in [2.05, 4.69) is 20.3 Å². The van der Waals surface area contributed by atoms with E-state index >= 15 is 0 Å². The van der Waals surface area contributed by atoms with Gasteiger partial charge in [-0.15, -0.1) is 0 Å². The average molecular weight is 247 g/mol. The van der Waals surface area contributed by atoms with Crippen LogP contribution in [0.4, 0.5) is 20.7 Å². The van der Waals surface area contributed by atoms with Crippen molar-refractivity contribution in [3.63, 3.8) is 0 Å². The van der Waals surface area contributed by atoms with Gasteiger partial charge < -0.3 is 15.0 Å². The van der Waals surface area contributed by atoms with Crippen molar-refractivity contribution in [2.75, 3.05) is 37.5 Å². The summed E-state index contributed by atoms with van der Waals surface area (Å²) < 4.78 is 29.4. The van der Waals surface area contributed by atoms with Crippen LogP contribution < -0.4 is 15.0 Å². The number of rotatable bonds is 6. The molecule has 17 heavy (non-hydrogen) atoms. The first-order chi connectivity index (χ1) is 8.06. The quantitative estimate of drug-likeness (QED) is 0.809. The highest BCUT2D eigenvalue weighted by Gasteiger charge is 2.14. The largest absolute Gasteiger partial charge is 0.467 e. The van der Waals surface area contributed by atoms with E-state index < -0.39 is 13.0 Å². The van der Waals surface area contributed by atoms with E-state index in [0.29, 0.717) is 12.5 Å². The zero-order chi connectivity index (χ0) is 12.8. The van der Waals surface area contributed by atoms with E-state index in [0.717, 1.165) is 0 Å². The molecule has 1 N–H and O–H groups in total. The summed E-state index contributed by atoms with van der Waals surface area (Å²) in [5.74, 6) is 0.448. The monoisotopic (exact) mass is 247 g/mol. The molecular weight excluding hydrogens is 232 g/mol. The number of alkyl halides is 2. The van der Waals surface area contributed by atoms with Gasteiger partial charge in [-0.05, 0) is 6.92 Å². The third-order valence-corrected chi connectivity index (χ3v) is 1.87. The van der Waals surface area contributed by atoms with Crippen molar-refractivity contribution in [2.45, 2.75) is 13.3 Å². The number of nitrogens with zero attached hydrogens (tertiary/aromatic N) is 4. The van der Waals surface area contributed by atoms with Gasteiger partial charge in [-0.2, -0.15) is 15.0 Å². The highest BCUT2D eigenvalue weighted by atomic mass is 19.3. The lowest BCUT2D eigenvalue weighted by Crippen LogP contribution is -2.26. The minimum atomic E-state index is -2.45. The molecule has 0 atom stereocenters. The second-order valence-corrected chi connectivity index (χ2v) is 3.25. The summed E-state index contributed by atoms with van der Waals surface area (Å²) in [5.41, 5.74) is 0. The number of ether oxygens (including phenoxy) is 1. The van der Waals surface area contributed by atoms with Gasteiger partial charge >= 0.3 is 6.01 Å². The minimum absolute atomic E-state index is 0.0899. The van der Waals surface area contributed by atoms with Crippen LogP contribution in [0.15, 0.2) is 0 Å². The fourth-order valence-corrected chi connectivity index (χ4v) is 1.13. The molecule has 0 aliphatic heterocycles. The molecule has 0 bridgehead atoms. The topological polar surface area (TPSA) is 63.2 Å². The highest BCUT2D eigenvalue weighted by molar-refractivity contribution is 5.37. The predicted molar refractivity (Wildman–Crippen MR) is 59.8 cm³/mol. The second kappa shape index (κ2) is 6.12. The van der Waals surface area contributed by atoms with Crippen molar-refractivity contribution in [2.24, 2.45) is 0 Å². The Kier molecular flexibility index (Phi) is 4.80. The molecule has 1 heterocycles. The summed E-state index contributed by atoms with van der Waals surface area (Å²) in [6.45, 7) is 2.04. The summed E-state index contributed by atoms with van der Waals surface area (Å²) in [4.78, 5) is 13.1. The molecule has 0 aliphatic rings. The van der Waals surface area contributed by atoms with E-state index in [-0.39, 0.29) is 12.0 Å². The summed E-state index contributed by atoms with van der Waals surface area (Å²) in [5, 5.41) is 2.87. The van der Waals surface area contributed by atoms with Crippen molar-refractivity contribution in [1.82, 2.24) is 15.0 Å². The van der Waals surface area contributed by atoms with Gasteiger partial charge in [0.15, 0.2) is 0 Å². The summed E-state index contributed by atoms with van der Waals surface area (Å²) in [6.07, 6.45) is -2.45. The number of nitrogens with one attached hydrogen (secondary N) is 1. The smallest absolute Gasteiger partial charge is 0.322 e. The number of methoxy groups -OCH3 is 1. The molecule has 6 nitrogen and oxygen atoms in total. The van der Waals surface area contributed by atoms with Gasteiger partial charge in [0.25, 0.3) is 6.43 Å². The predicted octanol–water partition coefficient (Wildman–Crippen LogP) is 1.01. The summed E-state index contributed by atoms with van der Waals surface area (Å²) >= 11 is 0. The lowest BCUT2D eigenvalue weighted by atomic mass is 10.6. The van der Waals surface area contributed by atoms with Gasteiger partial charge in [-0.25, -0.2) is 8.78 Å². The Hall–Kier alpha value is -1.73. The molecule has 0 spiro atoms. The van der Waals surface area contributed by atoms with Crippen LogP contribution >= 0.6 is 0 Å². The standard InChI is InChI=1S/C9H15F2N5O/c1-4-12-7-13-8(15-9(14-7)17-3)16(2)5-6(10)11/h6H,4-5H2,1-3H3,(H,12,13,14,15). The van der Waals surface area contributed by atoms with Crippen LogP contribution in [0.1, 0.15) is 6.92 Å². The molecule has 0 aromatic carbocycles. The van der Waals surface area contributed by atoms with E-state index in [1.54, 1.807) is 0 Å². The van der Waals surface area contributed by atoms with Gasteiger partial charge in [0.05, 0.1) is 13.7 Å². The second-order valence-electron chi connectivity index (χ2n) is 3.25. The van der Waals surface area contributed by atoms with Gasteiger partial charge in [-0.3, -0.25) is 0 Å². The number of aromatic nitrogens is 3. The van der Waals surface area contributed by atoms with Gasteiger partial charge in [0.2, 0.25) is 11.9 Å². The molecule has 8 heteroatoms. The number of halogens is 2. The van der Waals surface area contributed by atoms with Gasteiger partial charge in [-0.1, -0.05) is 0 Å². The number of anilines is 2. The maximum atomic E-state index is 12.2. The molecule has 0 saturated heterocycles. The average Bonchev–Trinajstić information content (AvgIpc) is 2.28. The lowest BCUT2D eigenvalue weighted by molar-refractivity contribution is 0.156. The molecule has 1 aromatic heterocycles. The Balaban J connectivity index is 2.93. The summed E-state index contributed by atoms with van der Waals surface area (Å²) in [6, 6.07) is 0.0899. The normalized spacial score (nSPS) is 10.5. The fourth-order valence-electron chi connectivity index (χ4n) is 1.13. The molecule has 0 aliphatic carbocycles. The fraction of sp³-hybridized carbons (Fsp3) is 0.667. The molecular formula is C9H15F2N5O. The maximum absolute atomic E-state index is 12.2. The van der Waals surface area contributed by atoms with Crippen LogP contribution in [0.5, 0.6) is 6.01 Å². The molecule has 0 radical (unpaired) electrons. The van der Waals surface area contributed by atoms with E-state index in [1.807, 2.05) is 6.92 Å². The van der Waals surface area contributed by atoms with Gasteiger partial charge in [0, 0.05) is 13.6 Å². The van der Waals surface area contributed by atoms with Crippen LogP contribution in [0.2, 0.25) is 0 Å². The van der Waals surface area contributed by atoms with Gasteiger partial charge in [0.1, 0.15) is 0 Å². The zero-order valence-electron chi connectivity index (χ0n) is 9.94. The molecule has 0 saturated carbocycles. The molecule has 0 unspecified atom stereocenters. The van der Waals surface area contributed by atoms with Crippen molar-refractivity contribution in [1.29, 1.82) is 0 Å². The molecule has 96 valence electrons. The highest BCUT2D eigenvalue weighted by Crippen LogP contribution is 2.14. The first kappa shape index (κ1) is 13.3. The molecule has 1 aromatic rings. The molecule has 0 fully saturated rings. The first-order valence-electron chi connectivity index (χ1n) is 5.10. The molecule has 1 rings (SSSR count). The zero-order valence-corrected chi connectivity index (χ0v) is 9.94. The minimum Gasteiger partial charge on any atom is -0.467 e. The number of hydrogen-bond acceptors (Lipinski definition) is 6.